The summed E-state index contributed by atoms with van der Waals surface area (Å²) in [5, 5.41) is 0. The molecule has 0 aromatic heterocycles. The molecule has 0 aromatic rings. The molecule has 0 aliphatic carbocycles. The first-order valence-electron chi connectivity index (χ1n) is 1.93. The summed E-state index contributed by atoms with van der Waals surface area (Å²) in [7, 11) is -1.38. The Hall–Kier alpha value is 0.527. The summed E-state index contributed by atoms with van der Waals surface area (Å²) in [4.78, 5) is 24.8. The van der Waals surface area contributed by atoms with Crippen molar-refractivity contribution in [3.05, 3.63) is 0 Å². The minimum Gasteiger partial charge on any atom is -0.390 e. The summed E-state index contributed by atoms with van der Waals surface area (Å²) in [5.41, 5.74) is 0. The van der Waals surface area contributed by atoms with Crippen molar-refractivity contribution in [1.82, 2.24) is 0 Å². The molecule has 0 saturated carbocycles. The minimum absolute atomic E-state index is 0.109. The smallest absolute Gasteiger partial charge is 0.390 e. The van der Waals surface area contributed by atoms with E-state index in [1.54, 1.807) is 0 Å². The van der Waals surface area contributed by atoms with E-state index in [2.05, 4.69) is 9.24 Å². The molecule has 1 atom stereocenters. The Morgan fingerprint density at radius 2 is 1.71 bits per heavy atom. The van der Waals surface area contributed by atoms with Gasteiger partial charge in [0.05, 0.1) is 0 Å². The van der Waals surface area contributed by atoms with Crippen molar-refractivity contribution in [3.8, 4) is 0 Å². The van der Waals surface area contributed by atoms with Crippen LogP contribution in [0.2, 0.25) is 6.04 Å². The van der Waals surface area contributed by atoms with Gasteiger partial charge in [-0.1, -0.05) is 0 Å². The minimum atomic E-state index is -3.68. The fourth-order valence-electron chi connectivity index (χ4n) is 0.194. The van der Waals surface area contributed by atoms with Gasteiger partial charge >= 0.3 is 8.80 Å². The van der Waals surface area contributed by atoms with E-state index in [4.69, 9.17) is 14.4 Å². The second kappa shape index (κ2) is 2.74. The van der Waals surface area contributed by atoms with Gasteiger partial charge in [-0.3, -0.25) is 0 Å². The Balaban J connectivity index is 3.15. The molecule has 7 heavy (non-hydrogen) atoms. The average molecular weight is 140 g/mol. The van der Waals surface area contributed by atoms with Crippen LogP contribution < -0.4 is 0 Å². The van der Waals surface area contributed by atoms with Crippen molar-refractivity contribution in [2.45, 2.75) is 6.04 Å². The van der Waals surface area contributed by atoms with Crippen LogP contribution in [0, 0.1) is 0 Å². The lowest BCUT2D eigenvalue weighted by Crippen LogP contribution is -2.34. The van der Waals surface area contributed by atoms with E-state index < -0.39 is 8.80 Å². The molecule has 0 spiro atoms. The van der Waals surface area contributed by atoms with Crippen molar-refractivity contribution in [1.29, 1.82) is 0 Å². The van der Waals surface area contributed by atoms with Gasteiger partial charge in [0.2, 0.25) is 0 Å². The molecule has 0 radical (unpaired) electrons. The first-order valence-corrected chi connectivity index (χ1v) is 4.80. The molecule has 1 unspecified atom stereocenters. The summed E-state index contributed by atoms with van der Waals surface area (Å²) >= 11 is 0. The quantitative estimate of drug-likeness (QED) is 0.333. The van der Waals surface area contributed by atoms with Gasteiger partial charge in [0.15, 0.2) is 0 Å². The number of hydrogen-bond acceptors (Lipinski definition) is 3. The van der Waals surface area contributed by atoms with E-state index in [9.17, 15) is 0 Å². The van der Waals surface area contributed by atoms with Crippen LogP contribution in [0.25, 0.3) is 0 Å². The zero-order valence-corrected chi connectivity index (χ0v) is 5.99. The molecular formula is C2H9O3PSi. The van der Waals surface area contributed by atoms with Crippen LogP contribution in [0.15, 0.2) is 0 Å². The van der Waals surface area contributed by atoms with Crippen molar-refractivity contribution in [3.63, 3.8) is 0 Å². The number of rotatable bonds is 2. The normalized spacial score (nSPS) is 12.0. The monoisotopic (exact) mass is 140 g/mol. The second-order valence-corrected chi connectivity index (χ2v) is 3.94. The lowest BCUT2D eigenvalue weighted by atomic mass is 11.0. The third-order valence-electron chi connectivity index (χ3n) is 0.480. The molecule has 0 bridgehead atoms. The van der Waals surface area contributed by atoms with Gasteiger partial charge in [0.1, 0.15) is 0 Å². The summed E-state index contributed by atoms with van der Waals surface area (Å²) in [6, 6.07) is 0.109. The Bertz CT molecular complexity index is 51.4. The average Bonchev–Trinajstić information content (AvgIpc) is 1.30. The van der Waals surface area contributed by atoms with Crippen molar-refractivity contribution < 1.29 is 14.4 Å². The maximum atomic E-state index is 8.25. The maximum Gasteiger partial charge on any atom is 0.493 e. The highest BCUT2D eigenvalue weighted by atomic mass is 31.0. The van der Waals surface area contributed by atoms with Crippen LogP contribution in [0.3, 0.4) is 0 Å². The largest absolute Gasteiger partial charge is 0.493 e. The lowest BCUT2D eigenvalue weighted by Gasteiger charge is -2.04. The van der Waals surface area contributed by atoms with Crippen LogP contribution >= 0.6 is 9.24 Å². The molecule has 3 nitrogen and oxygen atoms in total. The highest BCUT2D eigenvalue weighted by molar-refractivity contribution is 7.16. The Morgan fingerprint density at radius 3 is 1.71 bits per heavy atom. The molecule has 0 saturated heterocycles. The molecule has 0 amide bonds. The lowest BCUT2D eigenvalue weighted by molar-refractivity contribution is 0.230. The Kier molecular flexibility index (Phi) is 2.95. The van der Waals surface area contributed by atoms with Gasteiger partial charge in [-0.25, -0.2) is 0 Å². The molecule has 3 N–H and O–H groups in total. The first kappa shape index (κ1) is 7.53. The fraction of sp³-hybridized carbons (Fsp3) is 1.00. The molecule has 0 aliphatic heterocycles. The molecule has 44 valence electrons. The van der Waals surface area contributed by atoms with Gasteiger partial charge in [-0.15, -0.1) is 9.24 Å². The Morgan fingerprint density at radius 1 is 1.29 bits per heavy atom. The van der Waals surface area contributed by atoms with Crippen molar-refractivity contribution in [2.75, 3.05) is 6.16 Å². The molecule has 0 aromatic carbocycles. The standard InChI is InChI=1S/C2H9O3PSi/c3-7(4,5)2-1-6/h3-5H,1-2,6H2. The second-order valence-electron chi connectivity index (χ2n) is 1.31. The Labute approximate surface area is 45.6 Å². The van der Waals surface area contributed by atoms with Gasteiger partial charge in [-0.05, 0) is 6.16 Å². The fourth-order valence-corrected chi connectivity index (χ4v) is 1.74. The predicted octanol–water partition coefficient (Wildman–Crippen LogP) is -1.22. The van der Waals surface area contributed by atoms with Crippen LogP contribution in [0.1, 0.15) is 0 Å². The van der Waals surface area contributed by atoms with E-state index in [-0.39, 0.29) is 6.04 Å². The summed E-state index contributed by atoms with van der Waals surface area (Å²) in [6.45, 7) is 0. The van der Waals surface area contributed by atoms with E-state index in [0.717, 1.165) is 0 Å². The summed E-state index contributed by atoms with van der Waals surface area (Å²) < 4.78 is 0. The van der Waals surface area contributed by atoms with E-state index in [1.165, 1.54) is 0 Å². The topological polar surface area (TPSA) is 60.7 Å². The molecule has 0 fully saturated rings. The highest BCUT2D eigenvalue weighted by Crippen LogP contribution is 1.98. The third-order valence-corrected chi connectivity index (χ3v) is 2.31. The first-order chi connectivity index (χ1) is 3.06. The van der Waals surface area contributed by atoms with Gasteiger partial charge in [0.25, 0.3) is 0 Å². The number of hydrogen-bond donors (Lipinski definition) is 3. The summed E-state index contributed by atoms with van der Waals surface area (Å²) in [6.07, 6.45) is 0.537. The summed E-state index contributed by atoms with van der Waals surface area (Å²) in [5.74, 6) is 0. The zero-order chi connectivity index (χ0) is 5.91. The third kappa shape index (κ3) is 6.53. The maximum absolute atomic E-state index is 8.25. The van der Waals surface area contributed by atoms with Crippen molar-refractivity contribution >= 4 is 18.0 Å². The molecule has 0 aliphatic rings. The SMILES string of the molecule is O[Si](O)(O)CCP. The van der Waals surface area contributed by atoms with Gasteiger partial charge in [0, 0.05) is 6.04 Å². The van der Waals surface area contributed by atoms with Crippen LogP contribution in [0.4, 0.5) is 0 Å². The van der Waals surface area contributed by atoms with Gasteiger partial charge in [-0.2, -0.15) is 0 Å². The van der Waals surface area contributed by atoms with Crippen LogP contribution in [0.5, 0.6) is 0 Å². The van der Waals surface area contributed by atoms with Crippen LogP contribution in [-0.4, -0.2) is 29.4 Å². The molecule has 5 heteroatoms. The van der Waals surface area contributed by atoms with Crippen LogP contribution in [-0.2, 0) is 0 Å². The van der Waals surface area contributed by atoms with E-state index >= 15 is 0 Å². The molecule has 0 rings (SSSR count). The van der Waals surface area contributed by atoms with Gasteiger partial charge < -0.3 is 14.4 Å². The highest BCUT2D eigenvalue weighted by Gasteiger charge is 2.24. The predicted molar refractivity (Wildman–Crippen MR) is 31.8 cm³/mol. The van der Waals surface area contributed by atoms with E-state index in [1.807, 2.05) is 0 Å². The van der Waals surface area contributed by atoms with E-state index in [0.29, 0.717) is 6.16 Å². The zero-order valence-electron chi connectivity index (χ0n) is 3.83. The molecular weight excluding hydrogens is 131 g/mol. The molecule has 0 heterocycles. The van der Waals surface area contributed by atoms with Crippen molar-refractivity contribution in [2.24, 2.45) is 0 Å².